The Hall–Kier alpha value is -3.60. The molecule has 5 nitrogen and oxygen atoms in total. The molecule has 0 saturated carbocycles. The molecule has 3 aromatic carbocycles. The molecule has 1 amide bonds. The molecular weight excluding hydrogens is 422 g/mol. The quantitative estimate of drug-likeness (QED) is 0.307. The highest BCUT2D eigenvalue weighted by molar-refractivity contribution is 6.33. The number of nitrogens with zero attached hydrogens (tertiary/aromatic N) is 2. The number of carbonyl (C=O) groups excluding carboxylic acids is 2. The maximum atomic E-state index is 13.4. The number of fused-ring (bicyclic) bond motifs is 6. The normalized spacial score (nSPS) is 18.1. The largest absolute Gasteiger partial charge is 0.355 e. The van der Waals surface area contributed by atoms with Gasteiger partial charge in [0.2, 0.25) is 0 Å². The Morgan fingerprint density at radius 3 is 2.24 bits per heavy atom. The van der Waals surface area contributed by atoms with E-state index in [1.54, 1.807) is 7.05 Å². The molecule has 1 aliphatic heterocycles. The Kier molecular flexibility index (Phi) is 4.76. The second-order valence-corrected chi connectivity index (χ2v) is 9.58. The van der Waals surface area contributed by atoms with E-state index >= 15 is 0 Å². The average molecular weight is 452 g/mol. The van der Waals surface area contributed by atoms with E-state index in [4.69, 9.17) is 0 Å². The number of carbonyl (C=O) groups is 2. The van der Waals surface area contributed by atoms with E-state index in [9.17, 15) is 9.59 Å². The smallest absolute Gasteiger partial charge is 0.252 e. The highest BCUT2D eigenvalue weighted by Gasteiger charge is 2.32. The van der Waals surface area contributed by atoms with Gasteiger partial charge in [0.1, 0.15) is 0 Å². The van der Waals surface area contributed by atoms with Crippen molar-refractivity contribution in [3.8, 4) is 0 Å². The first-order valence-corrected chi connectivity index (χ1v) is 12.3. The fourth-order valence-electron chi connectivity index (χ4n) is 6.39. The lowest BCUT2D eigenvalue weighted by Crippen LogP contribution is -2.21. The van der Waals surface area contributed by atoms with Gasteiger partial charge in [-0.25, -0.2) is 0 Å². The average Bonchev–Trinajstić information content (AvgIpc) is 3.38. The molecule has 34 heavy (non-hydrogen) atoms. The summed E-state index contributed by atoms with van der Waals surface area (Å²) in [5.41, 5.74) is 5.39. The summed E-state index contributed by atoms with van der Waals surface area (Å²) in [5, 5.41) is 6.67. The third kappa shape index (κ3) is 2.61. The fraction of sp³-hybridized carbons (Fsp3) is 0.310. The standard InChI is InChI=1S/C29H29N3O2/c1-4-9-18-15-14-17(2)31-22-12-7-6-11-20(22)25-26(29(34)30-3)21(16-33)24-19-10-5-8-13-23(19)32(18)27(24)28(25)31/h5-8,10-13,16-18H,4,9,14-15H2,1-3H3,(H,30,34). The third-order valence-corrected chi connectivity index (χ3v) is 7.75. The van der Waals surface area contributed by atoms with Gasteiger partial charge in [-0.15, -0.1) is 0 Å². The minimum absolute atomic E-state index is 0.219. The van der Waals surface area contributed by atoms with Crippen molar-refractivity contribution in [3.05, 3.63) is 59.7 Å². The Bertz CT molecular complexity index is 1620. The number of rotatable bonds is 4. The minimum atomic E-state index is -0.219. The first kappa shape index (κ1) is 21.0. The molecule has 6 rings (SSSR count). The second-order valence-electron chi connectivity index (χ2n) is 9.58. The van der Waals surface area contributed by atoms with Gasteiger partial charge in [-0.1, -0.05) is 49.7 Å². The van der Waals surface area contributed by atoms with Crippen molar-refractivity contribution >= 4 is 55.8 Å². The minimum Gasteiger partial charge on any atom is -0.355 e. The number of nitrogens with one attached hydrogen (secondary N) is 1. The van der Waals surface area contributed by atoms with Crippen LogP contribution in [0.25, 0.3) is 43.6 Å². The van der Waals surface area contributed by atoms with E-state index in [2.05, 4.69) is 64.7 Å². The lowest BCUT2D eigenvalue weighted by molar-refractivity contribution is 0.0959. The number of aromatic nitrogens is 2. The third-order valence-electron chi connectivity index (χ3n) is 7.75. The summed E-state index contributed by atoms with van der Waals surface area (Å²) in [7, 11) is 1.64. The van der Waals surface area contributed by atoms with Crippen LogP contribution in [0.3, 0.4) is 0 Å². The lowest BCUT2D eigenvalue weighted by atomic mass is 9.94. The van der Waals surface area contributed by atoms with Crippen molar-refractivity contribution in [3.63, 3.8) is 0 Å². The van der Waals surface area contributed by atoms with Gasteiger partial charge in [0, 0.05) is 57.3 Å². The first-order valence-electron chi connectivity index (χ1n) is 12.3. The molecule has 0 spiro atoms. The van der Waals surface area contributed by atoms with Crippen LogP contribution >= 0.6 is 0 Å². The topological polar surface area (TPSA) is 56.0 Å². The van der Waals surface area contributed by atoms with E-state index in [-0.39, 0.29) is 11.9 Å². The highest BCUT2D eigenvalue weighted by atomic mass is 16.1. The molecular formula is C29H29N3O2. The molecule has 5 heteroatoms. The number of benzene rings is 3. The zero-order valence-electron chi connectivity index (χ0n) is 19.9. The van der Waals surface area contributed by atoms with Gasteiger partial charge < -0.3 is 14.5 Å². The van der Waals surface area contributed by atoms with Crippen LogP contribution in [0.5, 0.6) is 0 Å². The lowest BCUT2D eigenvalue weighted by Gasteiger charge is -2.28. The molecule has 5 aromatic rings. The summed E-state index contributed by atoms with van der Waals surface area (Å²) in [4.78, 5) is 26.1. The van der Waals surface area contributed by atoms with Crippen LogP contribution < -0.4 is 5.32 Å². The van der Waals surface area contributed by atoms with Crippen LogP contribution in [0.4, 0.5) is 0 Å². The molecule has 3 heterocycles. The Morgan fingerprint density at radius 1 is 0.971 bits per heavy atom. The van der Waals surface area contributed by atoms with E-state index in [0.717, 1.165) is 75.6 Å². The number of amides is 1. The summed E-state index contributed by atoms with van der Waals surface area (Å²) >= 11 is 0. The molecule has 0 bridgehead atoms. The van der Waals surface area contributed by atoms with Crippen LogP contribution in [0.1, 0.15) is 72.3 Å². The van der Waals surface area contributed by atoms with Gasteiger partial charge >= 0.3 is 0 Å². The first-order chi connectivity index (χ1) is 16.6. The van der Waals surface area contributed by atoms with Gasteiger partial charge in [-0.2, -0.15) is 0 Å². The molecule has 0 radical (unpaired) electrons. The molecule has 2 unspecified atom stereocenters. The van der Waals surface area contributed by atoms with Gasteiger partial charge in [-0.3, -0.25) is 9.59 Å². The van der Waals surface area contributed by atoms with Crippen LogP contribution in [0, 0.1) is 0 Å². The maximum Gasteiger partial charge on any atom is 0.252 e. The van der Waals surface area contributed by atoms with Gasteiger partial charge in [-0.05, 0) is 38.3 Å². The highest BCUT2D eigenvalue weighted by Crippen LogP contribution is 2.47. The maximum absolute atomic E-state index is 13.4. The van der Waals surface area contributed by atoms with Crippen LogP contribution in [0.15, 0.2) is 48.5 Å². The SMILES string of the molecule is CCCC1CCC(C)n2c3ccccc3c3c(C(=O)NC)c(C=O)c4c5ccccc5n1c4c32. The van der Waals surface area contributed by atoms with Crippen molar-refractivity contribution in [2.24, 2.45) is 0 Å². The Morgan fingerprint density at radius 2 is 1.59 bits per heavy atom. The van der Waals surface area contributed by atoms with Crippen LogP contribution in [0.2, 0.25) is 0 Å². The molecule has 2 atom stereocenters. The second kappa shape index (κ2) is 7.73. The molecule has 0 fully saturated rings. The van der Waals surface area contributed by atoms with Crippen molar-refractivity contribution < 1.29 is 9.59 Å². The van der Waals surface area contributed by atoms with Gasteiger partial charge in [0.05, 0.1) is 16.6 Å². The van der Waals surface area contributed by atoms with Crippen LogP contribution in [-0.4, -0.2) is 28.4 Å². The summed E-state index contributed by atoms with van der Waals surface area (Å²) in [6, 6.07) is 17.3. The molecule has 2 aromatic heterocycles. The van der Waals surface area contributed by atoms with Crippen molar-refractivity contribution in [2.75, 3.05) is 7.05 Å². The number of hydrogen-bond acceptors (Lipinski definition) is 2. The van der Waals surface area contributed by atoms with Crippen molar-refractivity contribution in [1.82, 2.24) is 14.5 Å². The van der Waals surface area contributed by atoms with Crippen molar-refractivity contribution in [1.29, 1.82) is 0 Å². The molecule has 1 N–H and O–H groups in total. The van der Waals surface area contributed by atoms with E-state index in [0.29, 0.717) is 17.2 Å². The number of para-hydroxylation sites is 2. The van der Waals surface area contributed by atoms with Gasteiger partial charge in [0.15, 0.2) is 6.29 Å². The predicted octanol–water partition coefficient (Wildman–Crippen LogP) is 6.77. The van der Waals surface area contributed by atoms with E-state index in [1.807, 2.05) is 12.1 Å². The Balaban J connectivity index is 2.02. The summed E-state index contributed by atoms with van der Waals surface area (Å²) < 4.78 is 4.91. The fourth-order valence-corrected chi connectivity index (χ4v) is 6.39. The van der Waals surface area contributed by atoms with E-state index < -0.39 is 0 Å². The van der Waals surface area contributed by atoms with Crippen LogP contribution in [-0.2, 0) is 0 Å². The molecule has 1 aliphatic rings. The molecule has 0 saturated heterocycles. The van der Waals surface area contributed by atoms with Crippen molar-refractivity contribution in [2.45, 2.75) is 51.6 Å². The Labute approximate surface area is 198 Å². The summed E-state index contributed by atoms with van der Waals surface area (Å²) in [6.45, 7) is 4.52. The zero-order valence-corrected chi connectivity index (χ0v) is 19.9. The zero-order chi connectivity index (χ0) is 23.6. The number of hydrogen-bond donors (Lipinski definition) is 1. The molecule has 172 valence electrons. The summed E-state index contributed by atoms with van der Waals surface area (Å²) in [6.07, 6.45) is 5.19. The number of aldehydes is 1. The summed E-state index contributed by atoms with van der Waals surface area (Å²) in [5.74, 6) is -0.219. The monoisotopic (exact) mass is 451 g/mol. The molecule has 0 aliphatic carbocycles. The predicted molar refractivity (Wildman–Crippen MR) is 139 cm³/mol. The van der Waals surface area contributed by atoms with E-state index in [1.165, 1.54) is 0 Å². The van der Waals surface area contributed by atoms with Gasteiger partial charge in [0.25, 0.3) is 5.91 Å².